The summed E-state index contributed by atoms with van der Waals surface area (Å²) in [4.78, 5) is 0. The van der Waals surface area contributed by atoms with Crippen LogP contribution in [-0.2, 0) is 15.6 Å². The Labute approximate surface area is 154 Å². The van der Waals surface area contributed by atoms with E-state index in [1.54, 1.807) is 6.92 Å². The van der Waals surface area contributed by atoms with E-state index >= 15 is 0 Å². The van der Waals surface area contributed by atoms with E-state index in [9.17, 15) is 30.7 Å². The Hall–Kier alpha value is -2.33. The molecule has 0 unspecified atom stereocenters. The number of ether oxygens (including phenoxy) is 3. The van der Waals surface area contributed by atoms with Crippen LogP contribution in [0, 0.1) is 29.1 Å². The molecule has 0 N–H and O–H groups in total. The summed E-state index contributed by atoms with van der Waals surface area (Å²) in [6.45, 7) is 1.60. The smallest absolute Gasteiger partial charge is 0.429 e. The maximum absolute atomic E-state index is 14.3. The summed E-state index contributed by atoms with van der Waals surface area (Å²) in [5.74, 6) is -10.7. The van der Waals surface area contributed by atoms with E-state index < -0.39 is 58.7 Å². The normalized spacial score (nSPS) is 20.3. The molecule has 3 nitrogen and oxygen atoms in total. The third-order valence-corrected chi connectivity index (χ3v) is 4.13. The first-order chi connectivity index (χ1) is 13.1. The van der Waals surface area contributed by atoms with Crippen molar-refractivity contribution in [2.24, 2.45) is 0 Å². The summed E-state index contributed by atoms with van der Waals surface area (Å²) in [5.41, 5.74) is -1.73. The number of halogens is 7. The lowest BCUT2D eigenvalue weighted by Crippen LogP contribution is -2.30. The fourth-order valence-corrected chi connectivity index (χ4v) is 2.68. The topological polar surface area (TPSA) is 27.7 Å². The molecule has 0 saturated carbocycles. The molecule has 10 heteroatoms. The van der Waals surface area contributed by atoms with Crippen LogP contribution in [0.2, 0.25) is 0 Å². The predicted molar refractivity (Wildman–Crippen MR) is 81.3 cm³/mol. The molecule has 0 atom stereocenters. The van der Waals surface area contributed by atoms with Crippen LogP contribution in [0.3, 0.4) is 0 Å². The molecule has 2 aromatic carbocycles. The highest BCUT2D eigenvalue weighted by Crippen LogP contribution is 2.37. The summed E-state index contributed by atoms with van der Waals surface area (Å²) >= 11 is 0. The van der Waals surface area contributed by atoms with Crippen molar-refractivity contribution in [2.75, 3.05) is 13.2 Å². The SMILES string of the molecule is CC1OCC(c2ccc(C(F)(F)Oc3cc(F)c(F)c(F)c3)c(F)c2F)CO1. The van der Waals surface area contributed by atoms with Crippen molar-refractivity contribution in [2.45, 2.75) is 25.2 Å². The predicted octanol–water partition coefficient (Wildman–Crippen LogP) is 4.99. The summed E-state index contributed by atoms with van der Waals surface area (Å²) in [5, 5.41) is 0. The van der Waals surface area contributed by atoms with Gasteiger partial charge in [0.15, 0.2) is 35.4 Å². The molecule has 1 fully saturated rings. The Morgan fingerprint density at radius 2 is 1.46 bits per heavy atom. The van der Waals surface area contributed by atoms with Gasteiger partial charge in [0.2, 0.25) is 0 Å². The molecule has 1 aliphatic rings. The minimum absolute atomic E-state index is 0.00208. The van der Waals surface area contributed by atoms with Crippen LogP contribution in [0.4, 0.5) is 30.7 Å². The summed E-state index contributed by atoms with van der Waals surface area (Å²) in [6, 6.07) is 1.83. The fourth-order valence-electron chi connectivity index (χ4n) is 2.68. The third kappa shape index (κ3) is 3.93. The maximum Gasteiger partial charge on any atom is 0.429 e. The molecule has 0 spiro atoms. The standard InChI is InChI=1S/C18H13F7O3/c1-8-26-6-9(7-27-8)11-2-3-12(16(22)15(11)21)18(24,25)28-10-4-13(19)17(23)14(20)5-10/h2-5,8-9H,6-7H2,1H3. The largest absolute Gasteiger partial charge is 0.429 e. The van der Waals surface area contributed by atoms with Crippen LogP contribution in [0.25, 0.3) is 0 Å². The van der Waals surface area contributed by atoms with Gasteiger partial charge >= 0.3 is 6.11 Å². The van der Waals surface area contributed by atoms with Gasteiger partial charge in [0.1, 0.15) is 11.3 Å². The van der Waals surface area contributed by atoms with Gasteiger partial charge in [-0.15, -0.1) is 0 Å². The zero-order valence-corrected chi connectivity index (χ0v) is 14.2. The molecule has 0 radical (unpaired) electrons. The van der Waals surface area contributed by atoms with E-state index in [2.05, 4.69) is 4.74 Å². The Balaban J connectivity index is 1.89. The molecule has 2 aromatic rings. The summed E-state index contributed by atoms with van der Waals surface area (Å²) in [7, 11) is 0. The highest BCUT2D eigenvalue weighted by Gasteiger charge is 2.40. The molecule has 1 aliphatic heterocycles. The Kier molecular flexibility index (Phi) is 5.53. The van der Waals surface area contributed by atoms with Gasteiger partial charge in [-0.1, -0.05) is 6.07 Å². The van der Waals surface area contributed by atoms with Gasteiger partial charge in [-0.25, -0.2) is 22.0 Å². The van der Waals surface area contributed by atoms with Gasteiger partial charge in [0.05, 0.1) is 13.2 Å². The molecule has 0 aliphatic carbocycles. The minimum atomic E-state index is -4.49. The zero-order valence-electron chi connectivity index (χ0n) is 14.2. The fraction of sp³-hybridized carbons (Fsp3) is 0.333. The average Bonchev–Trinajstić information content (AvgIpc) is 2.62. The highest BCUT2D eigenvalue weighted by atomic mass is 19.3. The lowest BCUT2D eigenvalue weighted by molar-refractivity contribution is -0.188. The van der Waals surface area contributed by atoms with Crippen LogP contribution in [-0.4, -0.2) is 19.5 Å². The van der Waals surface area contributed by atoms with Crippen LogP contribution >= 0.6 is 0 Å². The number of alkyl halides is 2. The molecule has 0 amide bonds. The van der Waals surface area contributed by atoms with Gasteiger partial charge in [-0.3, -0.25) is 0 Å². The lowest BCUT2D eigenvalue weighted by atomic mass is 9.97. The molecule has 0 bridgehead atoms. The Morgan fingerprint density at radius 3 is 2.04 bits per heavy atom. The highest BCUT2D eigenvalue weighted by molar-refractivity contribution is 5.33. The van der Waals surface area contributed by atoms with Crippen molar-refractivity contribution < 1.29 is 44.9 Å². The monoisotopic (exact) mass is 410 g/mol. The van der Waals surface area contributed by atoms with Crippen molar-refractivity contribution >= 4 is 0 Å². The molecule has 1 heterocycles. The van der Waals surface area contributed by atoms with Crippen LogP contribution < -0.4 is 4.74 Å². The molecule has 0 aromatic heterocycles. The van der Waals surface area contributed by atoms with Crippen LogP contribution in [0.1, 0.15) is 24.0 Å². The number of hydrogen-bond donors (Lipinski definition) is 0. The second-order valence-electron chi connectivity index (χ2n) is 6.08. The van der Waals surface area contributed by atoms with Crippen molar-refractivity contribution in [3.05, 3.63) is 64.5 Å². The summed E-state index contributed by atoms with van der Waals surface area (Å²) in [6.07, 6.45) is -5.02. The lowest BCUT2D eigenvalue weighted by Gasteiger charge is -2.28. The average molecular weight is 410 g/mol. The minimum Gasteiger partial charge on any atom is -0.429 e. The summed E-state index contributed by atoms with van der Waals surface area (Å²) < 4.78 is 111. The molecule has 28 heavy (non-hydrogen) atoms. The van der Waals surface area contributed by atoms with E-state index in [1.807, 2.05) is 0 Å². The van der Waals surface area contributed by atoms with Crippen molar-refractivity contribution in [1.29, 1.82) is 0 Å². The number of rotatable bonds is 4. The molecular weight excluding hydrogens is 397 g/mol. The first-order valence-electron chi connectivity index (χ1n) is 8.03. The molecule has 152 valence electrons. The van der Waals surface area contributed by atoms with E-state index in [0.29, 0.717) is 6.07 Å². The van der Waals surface area contributed by atoms with Crippen molar-refractivity contribution in [3.8, 4) is 5.75 Å². The second kappa shape index (κ2) is 7.59. The van der Waals surface area contributed by atoms with E-state index in [1.165, 1.54) is 0 Å². The van der Waals surface area contributed by atoms with Crippen LogP contribution in [0.5, 0.6) is 5.75 Å². The van der Waals surface area contributed by atoms with Gasteiger partial charge in [0, 0.05) is 18.1 Å². The third-order valence-electron chi connectivity index (χ3n) is 4.13. The maximum atomic E-state index is 14.3. The first kappa shape index (κ1) is 20.4. The number of benzene rings is 2. The van der Waals surface area contributed by atoms with E-state index in [0.717, 1.165) is 6.07 Å². The van der Waals surface area contributed by atoms with Gasteiger partial charge < -0.3 is 14.2 Å². The first-order valence-corrected chi connectivity index (χ1v) is 8.03. The van der Waals surface area contributed by atoms with Crippen molar-refractivity contribution in [3.63, 3.8) is 0 Å². The van der Waals surface area contributed by atoms with Gasteiger partial charge in [0.25, 0.3) is 0 Å². The van der Waals surface area contributed by atoms with Crippen LogP contribution in [0.15, 0.2) is 24.3 Å². The Bertz CT molecular complexity index is 857. The molecule has 3 rings (SSSR count). The Morgan fingerprint density at radius 1 is 0.893 bits per heavy atom. The molecular formula is C18H13F7O3. The second-order valence-corrected chi connectivity index (χ2v) is 6.08. The van der Waals surface area contributed by atoms with E-state index in [-0.39, 0.29) is 30.9 Å². The van der Waals surface area contributed by atoms with Gasteiger partial charge in [-0.2, -0.15) is 8.78 Å². The quantitative estimate of drug-likeness (QED) is 0.525. The van der Waals surface area contributed by atoms with E-state index in [4.69, 9.17) is 9.47 Å². The van der Waals surface area contributed by atoms with Gasteiger partial charge in [-0.05, 0) is 18.6 Å². The zero-order chi connectivity index (χ0) is 20.6. The number of hydrogen-bond acceptors (Lipinski definition) is 3. The molecule has 1 saturated heterocycles. The van der Waals surface area contributed by atoms with Crippen molar-refractivity contribution in [1.82, 2.24) is 0 Å².